The number of alkyl halides is 2. The first-order valence-electron chi connectivity index (χ1n) is 8.59. The van der Waals surface area contributed by atoms with Crippen molar-refractivity contribution < 1.29 is 18.0 Å². The highest BCUT2D eigenvalue weighted by molar-refractivity contribution is 5.93. The summed E-state index contributed by atoms with van der Waals surface area (Å²) in [5.74, 6) is 6.38. The Kier molecular flexibility index (Phi) is 8.33. The highest BCUT2D eigenvalue weighted by atomic mass is 19.3. The van der Waals surface area contributed by atoms with Crippen molar-refractivity contribution in [3.63, 3.8) is 0 Å². The minimum Gasteiger partial charge on any atom is -0.320 e. The fraction of sp³-hybridized carbons (Fsp3) is 0.526. The van der Waals surface area contributed by atoms with Gasteiger partial charge in [0.25, 0.3) is 0 Å². The van der Waals surface area contributed by atoms with Crippen LogP contribution < -0.4 is 10.6 Å². The number of anilines is 1. The van der Waals surface area contributed by atoms with Gasteiger partial charge in [-0.2, -0.15) is 0 Å². The number of benzene rings is 1. The number of fused-ring (bicyclic) bond motifs is 1. The highest BCUT2D eigenvalue weighted by Gasteiger charge is 2.25. The van der Waals surface area contributed by atoms with Gasteiger partial charge in [0.15, 0.2) is 0 Å². The van der Waals surface area contributed by atoms with Crippen molar-refractivity contribution >= 4 is 11.7 Å². The van der Waals surface area contributed by atoms with E-state index in [2.05, 4.69) is 22.5 Å². The van der Waals surface area contributed by atoms with Crippen molar-refractivity contribution in [1.82, 2.24) is 5.32 Å². The van der Waals surface area contributed by atoms with E-state index >= 15 is 0 Å². The standard InChI is InChI=1S/C15H15FN2O.C2H4F2.C2H6/c1-2-10-7-14-11(8-12(10)16)13(17-15(19)18-14)6-5-9-3-4-9;1-2(3)4;1-2/h7-9,13H,2-4H2,1H3,(H2,17,18,19);2H,1H3;1-2H3. The molecule has 0 radical (unpaired) electrons. The largest absolute Gasteiger partial charge is 0.320 e. The number of amides is 2. The van der Waals surface area contributed by atoms with Gasteiger partial charge in [-0.3, -0.25) is 0 Å². The lowest BCUT2D eigenvalue weighted by Gasteiger charge is -2.24. The fourth-order valence-electron chi connectivity index (χ4n) is 2.16. The summed E-state index contributed by atoms with van der Waals surface area (Å²) < 4.78 is 34.5. The Morgan fingerprint density at radius 2 is 1.84 bits per heavy atom. The van der Waals surface area contributed by atoms with Crippen molar-refractivity contribution in [2.24, 2.45) is 5.92 Å². The van der Waals surface area contributed by atoms with Crippen molar-refractivity contribution in [2.75, 3.05) is 5.32 Å². The third kappa shape index (κ3) is 6.69. The Balaban J connectivity index is 0.000000461. The molecule has 1 aromatic carbocycles. The van der Waals surface area contributed by atoms with E-state index in [1.54, 1.807) is 6.07 Å². The van der Waals surface area contributed by atoms with E-state index < -0.39 is 12.5 Å². The van der Waals surface area contributed by atoms with Gasteiger partial charge in [0, 0.05) is 17.2 Å². The van der Waals surface area contributed by atoms with Crippen LogP contribution in [0, 0.1) is 23.6 Å². The van der Waals surface area contributed by atoms with Gasteiger partial charge in [0.05, 0.1) is 0 Å². The summed E-state index contributed by atoms with van der Waals surface area (Å²) in [6.07, 6.45) is 0.685. The first-order chi connectivity index (χ1) is 11.9. The maximum absolute atomic E-state index is 13.9. The van der Waals surface area contributed by atoms with Gasteiger partial charge >= 0.3 is 6.03 Å². The Morgan fingerprint density at radius 1 is 1.24 bits per heavy atom. The van der Waals surface area contributed by atoms with Crippen molar-refractivity contribution in [3.05, 3.63) is 29.1 Å². The van der Waals surface area contributed by atoms with Gasteiger partial charge in [-0.05, 0) is 43.9 Å². The maximum Gasteiger partial charge on any atom is 0.320 e. The van der Waals surface area contributed by atoms with Crippen molar-refractivity contribution in [1.29, 1.82) is 0 Å². The molecule has 1 aliphatic carbocycles. The number of urea groups is 1. The normalized spacial score (nSPS) is 17.4. The van der Waals surface area contributed by atoms with E-state index in [0.717, 1.165) is 19.8 Å². The second-order valence-electron chi connectivity index (χ2n) is 5.50. The SMILES string of the molecule is CC.CC(F)F.CCc1cc2c(cc1F)C(C#CC1CC1)NC(=O)N2. The van der Waals surface area contributed by atoms with E-state index in [1.165, 1.54) is 6.07 Å². The molecule has 1 fully saturated rings. The van der Waals surface area contributed by atoms with Crippen LogP contribution in [-0.2, 0) is 6.42 Å². The molecule has 3 rings (SSSR count). The van der Waals surface area contributed by atoms with Crippen LogP contribution in [0.25, 0.3) is 0 Å². The second kappa shape index (κ2) is 9.97. The zero-order valence-corrected chi connectivity index (χ0v) is 15.1. The number of rotatable bonds is 1. The number of aryl methyl sites for hydroxylation is 1. The van der Waals surface area contributed by atoms with Crippen molar-refractivity contribution in [2.45, 2.75) is 59.4 Å². The lowest BCUT2D eigenvalue weighted by atomic mass is 9.99. The number of carbonyl (C=O) groups excluding carboxylic acids is 1. The molecule has 2 aliphatic rings. The Labute approximate surface area is 147 Å². The molecule has 1 heterocycles. The number of halogens is 3. The third-order valence-corrected chi connectivity index (χ3v) is 3.44. The average molecular weight is 354 g/mol. The topological polar surface area (TPSA) is 41.1 Å². The molecule has 25 heavy (non-hydrogen) atoms. The summed E-state index contributed by atoms with van der Waals surface area (Å²) in [5.41, 5.74) is 1.98. The molecule has 2 N–H and O–H groups in total. The summed E-state index contributed by atoms with van der Waals surface area (Å²) in [6, 6.07) is 2.49. The third-order valence-electron chi connectivity index (χ3n) is 3.44. The Bertz CT molecular complexity index is 643. The maximum atomic E-state index is 13.9. The zero-order chi connectivity index (χ0) is 19.0. The molecule has 0 saturated heterocycles. The average Bonchev–Trinajstić information content (AvgIpc) is 3.38. The van der Waals surface area contributed by atoms with Gasteiger partial charge < -0.3 is 10.6 Å². The van der Waals surface area contributed by atoms with Gasteiger partial charge in [0.1, 0.15) is 11.9 Å². The molecule has 138 valence electrons. The smallest absolute Gasteiger partial charge is 0.320 e. The fourth-order valence-corrected chi connectivity index (χ4v) is 2.16. The quantitative estimate of drug-likeness (QED) is 0.662. The molecule has 0 aromatic heterocycles. The molecule has 1 aliphatic heterocycles. The summed E-state index contributed by atoms with van der Waals surface area (Å²) in [7, 11) is 0. The molecule has 1 saturated carbocycles. The van der Waals surface area contributed by atoms with E-state index in [9.17, 15) is 18.0 Å². The molecule has 6 heteroatoms. The van der Waals surface area contributed by atoms with E-state index in [1.807, 2.05) is 20.8 Å². The van der Waals surface area contributed by atoms with E-state index in [-0.39, 0.29) is 11.8 Å². The molecule has 1 atom stereocenters. The molecule has 0 bridgehead atoms. The summed E-state index contributed by atoms with van der Waals surface area (Å²) in [6.45, 7) is 6.72. The molecular weight excluding hydrogens is 329 g/mol. The summed E-state index contributed by atoms with van der Waals surface area (Å²) in [5, 5.41) is 5.44. The van der Waals surface area contributed by atoms with Gasteiger partial charge in [-0.25, -0.2) is 18.0 Å². The molecular formula is C19H25F3N2O. The molecule has 1 unspecified atom stereocenters. The van der Waals surface area contributed by atoms with Crippen LogP contribution in [0.15, 0.2) is 12.1 Å². The Hall–Kier alpha value is -2.16. The lowest BCUT2D eigenvalue weighted by molar-refractivity contribution is 0.171. The van der Waals surface area contributed by atoms with Crippen LogP contribution in [-0.4, -0.2) is 12.5 Å². The predicted molar refractivity (Wildman–Crippen MR) is 94.2 cm³/mol. The van der Waals surface area contributed by atoms with E-state index in [0.29, 0.717) is 29.2 Å². The minimum atomic E-state index is -2.17. The number of carbonyl (C=O) groups is 1. The van der Waals surface area contributed by atoms with Crippen LogP contribution >= 0.6 is 0 Å². The zero-order valence-electron chi connectivity index (χ0n) is 15.1. The first-order valence-corrected chi connectivity index (χ1v) is 8.59. The minimum absolute atomic E-state index is 0.238. The van der Waals surface area contributed by atoms with Gasteiger partial charge in [-0.15, -0.1) is 0 Å². The second-order valence-corrected chi connectivity index (χ2v) is 5.50. The molecule has 3 nitrogen and oxygen atoms in total. The lowest BCUT2D eigenvalue weighted by Crippen LogP contribution is -2.37. The van der Waals surface area contributed by atoms with Crippen LogP contribution in [0.5, 0.6) is 0 Å². The molecule has 2 amide bonds. The highest BCUT2D eigenvalue weighted by Crippen LogP contribution is 2.31. The predicted octanol–water partition coefficient (Wildman–Crippen LogP) is 5.28. The van der Waals surface area contributed by atoms with Crippen LogP contribution in [0.4, 0.5) is 23.7 Å². The first kappa shape index (κ1) is 20.9. The van der Waals surface area contributed by atoms with Gasteiger partial charge in [-0.1, -0.05) is 32.6 Å². The van der Waals surface area contributed by atoms with Crippen LogP contribution in [0.2, 0.25) is 0 Å². The summed E-state index contributed by atoms with van der Waals surface area (Å²) >= 11 is 0. The molecule has 1 aromatic rings. The van der Waals surface area contributed by atoms with Crippen LogP contribution in [0.1, 0.15) is 57.7 Å². The molecule has 0 spiro atoms. The number of hydrogen-bond acceptors (Lipinski definition) is 1. The summed E-state index contributed by atoms with van der Waals surface area (Å²) in [4.78, 5) is 11.6. The monoisotopic (exact) mass is 354 g/mol. The Morgan fingerprint density at radius 3 is 2.36 bits per heavy atom. The van der Waals surface area contributed by atoms with Gasteiger partial charge in [0.2, 0.25) is 6.43 Å². The van der Waals surface area contributed by atoms with Crippen molar-refractivity contribution in [3.8, 4) is 11.8 Å². The van der Waals surface area contributed by atoms with E-state index in [4.69, 9.17) is 0 Å². The number of nitrogens with one attached hydrogen (secondary N) is 2. The van der Waals surface area contributed by atoms with Crippen LogP contribution in [0.3, 0.4) is 0 Å². The number of hydrogen-bond donors (Lipinski definition) is 2.